The van der Waals surface area contributed by atoms with Crippen molar-refractivity contribution in [2.75, 3.05) is 11.4 Å². The molecule has 0 aliphatic rings. The number of thioether (sulfide) groups is 1. The molecule has 0 fully saturated rings. The number of nitrogen functional groups attached to an aromatic ring is 1. The van der Waals surface area contributed by atoms with E-state index in [2.05, 4.69) is 10.2 Å². The van der Waals surface area contributed by atoms with Crippen LogP contribution >= 0.6 is 11.8 Å². The van der Waals surface area contributed by atoms with Crippen molar-refractivity contribution in [3.63, 3.8) is 0 Å². The zero-order valence-corrected chi connectivity index (χ0v) is 7.56. The Morgan fingerprint density at radius 3 is 2.46 bits per heavy atom. The van der Waals surface area contributed by atoms with Gasteiger partial charge in [0, 0.05) is 7.05 Å². The summed E-state index contributed by atoms with van der Waals surface area (Å²) < 4.78 is 36.8. The monoisotopic (exact) mass is 211 g/mol. The maximum atomic E-state index is 11.8. The molecule has 0 saturated heterocycles. The highest BCUT2D eigenvalue weighted by atomic mass is 32.2. The first-order valence-corrected chi connectivity index (χ1v) is 4.37. The number of hydrogen-bond acceptors (Lipinski definition) is 4. The highest BCUT2D eigenvalue weighted by Gasteiger charge is 2.24. The maximum Gasteiger partial charge on any atom is 0.488 e. The van der Waals surface area contributed by atoms with Gasteiger partial charge in [-0.3, -0.25) is 4.57 Å². The summed E-state index contributed by atoms with van der Waals surface area (Å²) in [7, 11) is 1.51. The maximum absolute atomic E-state index is 11.8. The van der Waals surface area contributed by atoms with Crippen LogP contribution in [0, 0.1) is 0 Å². The van der Waals surface area contributed by atoms with Gasteiger partial charge in [-0.2, -0.15) is 0 Å². The minimum absolute atomic E-state index is 0.108. The molecule has 0 aromatic carbocycles. The molecular formula is C4H7BF3N4S-. The topological polar surface area (TPSA) is 56.7 Å². The molecule has 13 heavy (non-hydrogen) atoms. The average Bonchev–Trinajstić information content (AvgIpc) is 2.29. The van der Waals surface area contributed by atoms with Gasteiger partial charge in [-0.05, 0) is 5.65 Å². The molecule has 1 aromatic rings. The van der Waals surface area contributed by atoms with E-state index in [1.807, 2.05) is 0 Å². The molecule has 1 heterocycles. The summed E-state index contributed by atoms with van der Waals surface area (Å²) in [5.74, 6) is 0.108. The van der Waals surface area contributed by atoms with Crippen LogP contribution in [0.25, 0.3) is 0 Å². The second-order valence-electron chi connectivity index (χ2n) is 2.42. The van der Waals surface area contributed by atoms with Gasteiger partial charge in [0.15, 0.2) is 5.16 Å². The van der Waals surface area contributed by atoms with Crippen LogP contribution in [0.4, 0.5) is 18.9 Å². The van der Waals surface area contributed by atoms with E-state index >= 15 is 0 Å². The first kappa shape index (κ1) is 10.2. The van der Waals surface area contributed by atoms with Gasteiger partial charge in [-0.1, -0.05) is 0 Å². The summed E-state index contributed by atoms with van der Waals surface area (Å²) in [6, 6.07) is 0. The number of nitrogens with two attached hydrogens (primary N) is 1. The SMILES string of the molecule is Cn1c(N)nnc1SC[B-](F)(F)F. The molecule has 0 radical (unpaired) electrons. The van der Waals surface area contributed by atoms with Gasteiger partial charge >= 0.3 is 6.98 Å². The first-order chi connectivity index (χ1) is 5.90. The van der Waals surface area contributed by atoms with Gasteiger partial charge in [0.25, 0.3) is 0 Å². The van der Waals surface area contributed by atoms with Crippen LogP contribution in [-0.4, -0.2) is 27.4 Å². The van der Waals surface area contributed by atoms with E-state index < -0.39 is 12.6 Å². The Morgan fingerprint density at radius 2 is 2.08 bits per heavy atom. The number of hydrogen-bond donors (Lipinski definition) is 1. The molecule has 0 aliphatic carbocycles. The van der Waals surface area contributed by atoms with Crippen LogP contribution in [0.1, 0.15) is 0 Å². The van der Waals surface area contributed by atoms with E-state index in [-0.39, 0.29) is 11.1 Å². The Balaban J connectivity index is 2.60. The van der Waals surface area contributed by atoms with E-state index in [1.54, 1.807) is 0 Å². The molecule has 0 atom stereocenters. The zero-order valence-electron chi connectivity index (χ0n) is 6.75. The highest BCUT2D eigenvalue weighted by Crippen LogP contribution is 2.22. The Bertz CT molecular complexity index is 298. The van der Waals surface area contributed by atoms with Gasteiger partial charge in [0.05, 0.1) is 0 Å². The number of nitrogens with zero attached hydrogens (tertiary/aromatic N) is 3. The van der Waals surface area contributed by atoms with Crippen molar-refractivity contribution in [3.05, 3.63) is 0 Å². The minimum atomic E-state index is -4.79. The average molecular weight is 211 g/mol. The predicted molar refractivity (Wildman–Crippen MR) is 45.2 cm³/mol. The molecule has 2 N–H and O–H groups in total. The Hall–Kier alpha value is -0.855. The minimum Gasteiger partial charge on any atom is -0.448 e. The van der Waals surface area contributed by atoms with Crippen molar-refractivity contribution in [2.45, 2.75) is 5.16 Å². The van der Waals surface area contributed by atoms with Crippen LogP contribution in [-0.2, 0) is 7.05 Å². The fourth-order valence-corrected chi connectivity index (χ4v) is 1.34. The predicted octanol–water partition coefficient (Wildman–Crippen LogP) is 0.876. The Morgan fingerprint density at radius 1 is 1.46 bits per heavy atom. The van der Waals surface area contributed by atoms with Crippen LogP contribution in [0.5, 0.6) is 0 Å². The van der Waals surface area contributed by atoms with E-state index in [0.29, 0.717) is 11.8 Å². The van der Waals surface area contributed by atoms with Gasteiger partial charge in [0.1, 0.15) is 0 Å². The van der Waals surface area contributed by atoms with E-state index in [4.69, 9.17) is 5.73 Å². The number of anilines is 1. The van der Waals surface area contributed by atoms with Crippen LogP contribution < -0.4 is 5.73 Å². The zero-order chi connectivity index (χ0) is 10.1. The third-order valence-electron chi connectivity index (χ3n) is 1.27. The van der Waals surface area contributed by atoms with Crippen LogP contribution in [0.2, 0.25) is 0 Å². The molecule has 1 aromatic heterocycles. The number of rotatable bonds is 3. The molecule has 0 aliphatic heterocycles. The number of halogens is 3. The van der Waals surface area contributed by atoms with Gasteiger partial charge < -0.3 is 18.7 Å². The lowest BCUT2D eigenvalue weighted by molar-refractivity contribution is 0.485. The normalized spacial score (nSPS) is 12.0. The quantitative estimate of drug-likeness (QED) is 0.595. The van der Waals surface area contributed by atoms with Crippen LogP contribution in [0.15, 0.2) is 5.16 Å². The first-order valence-electron chi connectivity index (χ1n) is 3.39. The van der Waals surface area contributed by atoms with Gasteiger partial charge in [0.2, 0.25) is 5.95 Å². The lowest BCUT2D eigenvalue weighted by Crippen LogP contribution is -2.19. The van der Waals surface area contributed by atoms with Crippen molar-refractivity contribution >= 4 is 24.7 Å². The summed E-state index contributed by atoms with van der Waals surface area (Å²) in [5.41, 5.74) is 4.36. The second kappa shape index (κ2) is 3.48. The lowest BCUT2D eigenvalue weighted by Gasteiger charge is -2.11. The van der Waals surface area contributed by atoms with E-state index in [0.717, 1.165) is 0 Å². The Labute approximate surface area is 76.8 Å². The van der Waals surface area contributed by atoms with Crippen LogP contribution in [0.3, 0.4) is 0 Å². The largest absolute Gasteiger partial charge is 0.488 e. The summed E-state index contributed by atoms with van der Waals surface area (Å²) in [4.78, 5) is 0. The summed E-state index contributed by atoms with van der Waals surface area (Å²) in [6.07, 6.45) is 0. The van der Waals surface area contributed by atoms with Crippen molar-refractivity contribution < 1.29 is 12.9 Å². The van der Waals surface area contributed by atoms with Crippen molar-refractivity contribution in [1.29, 1.82) is 0 Å². The molecule has 0 bridgehead atoms. The molecule has 0 amide bonds. The fraction of sp³-hybridized carbons (Fsp3) is 0.500. The fourth-order valence-electron chi connectivity index (χ4n) is 0.621. The lowest BCUT2D eigenvalue weighted by atomic mass is 9.98. The smallest absolute Gasteiger partial charge is 0.448 e. The molecule has 1 rings (SSSR count). The highest BCUT2D eigenvalue weighted by molar-refractivity contribution is 8.00. The number of aromatic nitrogens is 3. The van der Waals surface area contributed by atoms with E-state index in [1.165, 1.54) is 11.6 Å². The standard InChI is InChI=1S/C4H7BF3N4S/c1-12-3(9)10-11-4(12)13-2-5(6,7)8/h2H2,1H3,(H2,9,10)/q-1. The molecule has 9 heteroatoms. The third kappa shape index (κ3) is 2.83. The summed E-state index contributed by atoms with van der Waals surface area (Å²) >= 11 is 0.587. The molecule has 0 unspecified atom stereocenters. The van der Waals surface area contributed by atoms with Gasteiger partial charge in [-0.25, -0.2) is 0 Å². The molecular weight excluding hydrogens is 204 g/mol. The molecule has 74 valence electrons. The van der Waals surface area contributed by atoms with Crippen molar-refractivity contribution in [2.24, 2.45) is 7.05 Å². The molecule has 4 nitrogen and oxygen atoms in total. The summed E-state index contributed by atoms with van der Waals surface area (Å²) in [5, 5.41) is 7.08. The molecule has 0 saturated carbocycles. The van der Waals surface area contributed by atoms with Crippen molar-refractivity contribution in [1.82, 2.24) is 14.8 Å². The Kier molecular flexibility index (Phi) is 2.74. The van der Waals surface area contributed by atoms with Gasteiger partial charge in [-0.15, -0.1) is 22.0 Å². The third-order valence-corrected chi connectivity index (χ3v) is 2.43. The van der Waals surface area contributed by atoms with E-state index in [9.17, 15) is 12.9 Å². The second-order valence-corrected chi connectivity index (χ2v) is 3.41. The van der Waals surface area contributed by atoms with Crippen molar-refractivity contribution in [3.8, 4) is 0 Å². The molecule has 0 spiro atoms. The summed E-state index contributed by atoms with van der Waals surface area (Å²) in [6.45, 7) is -4.79.